The second kappa shape index (κ2) is 11.3. The molecule has 0 saturated carbocycles. The molecule has 0 spiro atoms. The minimum Gasteiger partial charge on any atom is -0.485 e. The standard InChI is InChI=1S/C12H24IO4P/c1-4-6-8-16-18(14,17-9-7-5-2)11-15-12(3)10-13/h3-11H2,1-2H3. The van der Waals surface area contributed by atoms with Gasteiger partial charge in [0.25, 0.3) is 0 Å². The lowest BCUT2D eigenvalue weighted by Gasteiger charge is -2.19. The van der Waals surface area contributed by atoms with Crippen LogP contribution in [0.1, 0.15) is 39.5 Å². The topological polar surface area (TPSA) is 44.8 Å². The molecule has 0 aromatic carbocycles. The normalized spacial score (nSPS) is 11.5. The quantitative estimate of drug-likeness (QED) is 0.159. The van der Waals surface area contributed by atoms with Gasteiger partial charge in [0.05, 0.1) is 23.4 Å². The number of alkyl halides is 1. The fraction of sp³-hybridized carbons (Fsp3) is 0.833. The first kappa shape index (κ1) is 18.4. The summed E-state index contributed by atoms with van der Waals surface area (Å²) in [6.45, 7) is 8.71. The maximum atomic E-state index is 12.4. The van der Waals surface area contributed by atoms with Gasteiger partial charge in [-0.05, 0) is 12.8 Å². The molecule has 0 amide bonds. The summed E-state index contributed by atoms with van der Waals surface area (Å²) in [7, 11) is -3.13. The van der Waals surface area contributed by atoms with E-state index in [1.54, 1.807) is 0 Å². The summed E-state index contributed by atoms with van der Waals surface area (Å²) < 4.78 is 29.1. The van der Waals surface area contributed by atoms with Gasteiger partial charge in [0.2, 0.25) is 0 Å². The van der Waals surface area contributed by atoms with Crippen LogP contribution in [0.4, 0.5) is 0 Å². The van der Waals surface area contributed by atoms with E-state index in [4.69, 9.17) is 13.8 Å². The lowest BCUT2D eigenvalue weighted by molar-refractivity contribution is 0.162. The molecule has 0 aliphatic heterocycles. The second-order valence-electron chi connectivity index (χ2n) is 3.93. The Morgan fingerprint density at radius 2 is 1.67 bits per heavy atom. The Kier molecular flexibility index (Phi) is 11.5. The van der Waals surface area contributed by atoms with Crippen molar-refractivity contribution in [3.05, 3.63) is 12.3 Å². The van der Waals surface area contributed by atoms with Gasteiger partial charge in [-0.1, -0.05) is 55.9 Å². The average molecular weight is 390 g/mol. The van der Waals surface area contributed by atoms with E-state index >= 15 is 0 Å². The summed E-state index contributed by atoms with van der Waals surface area (Å²) in [6, 6.07) is 0. The van der Waals surface area contributed by atoms with Crippen LogP contribution < -0.4 is 0 Å². The molecule has 6 heteroatoms. The van der Waals surface area contributed by atoms with Gasteiger partial charge in [-0.15, -0.1) is 0 Å². The molecule has 108 valence electrons. The Morgan fingerprint density at radius 1 is 1.17 bits per heavy atom. The van der Waals surface area contributed by atoms with Crippen LogP contribution in [-0.4, -0.2) is 24.0 Å². The van der Waals surface area contributed by atoms with E-state index in [0.29, 0.717) is 23.4 Å². The first-order valence-electron chi connectivity index (χ1n) is 6.32. The second-order valence-corrected chi connectivity index (χ2v) is 6.69. The fourth-order valence-corrected chi connectivity index (χ4v) is 2.62. The third-order valence-electron chi connectivity index (χ3n) is 2.15. The van der Waals surface area contributed by atoms with Gasteiger partial charge in [0.1, 0.15) is 0 Å². The third kappa shape index (κ3) is 9.36. The molecular formula is C12H24IO4P. The molecule has 0 radical (unpaired) electrons. The lowest BCUT2D eigenvalue weighted by atomic mass is 10.4. The molecule has 0 rings (SSSR count). The predicted octanol–water partition coefficient (Wildman–Crippen LogP) is 4.74. The molecule has 0 atom stereocenters. The number of unbranched alkanes of at least 4 members (excludes halogenated alkanes) is 2. The van der Waals surface area contributed by atoms with Crippen LogP contribution in [0.2, 0.25) is 0 Å². The first-order chi connectivity index (χ1) is 8.58. The minimum atomic E-state index is -3.13. The number of hydrogen-bond donors (Lipinski definition) is 0. The Labute approximate surface area is 124 Å². The average Bonchev–Trinajstić information content (AvgIpc) is 2.37. The summed E-state index contributed by atoms with van der Waals surface area (Å²) in [6.07, 6.45) is 3.69. The van der Waals surface area contributed by atoms with Crippen molar-refractivity contribution >= 4 is 30.2 Å². The highest BCUT2D eigenvalue weighted by atomic mass is 127. The van der Waals surface area contributed by atoms with Crippen LogP contribution in [-0.2, 0) is 18.3 Å². The van der Waals surface area contributed by atoms with E-state index in [-0.39, 0.29) is 6.35 Å². The van der Waals surface area contributed by atoms with Crippen molar-refractivity contribution in [3.63, 3.8) is 0 Å². The molecule has 0 heterocycles. The van der Waals surface area contributed by atoms with Crippen molar-refractivity contribution < 1.29 is 18.3 Å². The molecule has 0 aromatic rings. The van der Waals surface area contributed by atoms with Crippen molar-refractivity contribution in [1.82, 2.24) is 0 Å². The molecule has 0 aliphatic carbocycles. The smallest absolute Gasteiger partial charge is 0.367 e. The SMILES string of the molecule is C=C(CI)OCP(=O)(OCCCC)OCCCC. The maximum absolute atomic E-state index is 12.4. The lowest BCUT2D eigenvalue weighted by Crippen LogP contribution is -2.05. The van der Waals surface area contributed by atoms with Crippen LogP contribution in [0.25, 0.3) is 0 Å². The van der Waals surface area contributed by atoms with Crippen molar-refractivity contribution in [2.45, 2.75) is 39.5 Å². The molecular weight excluding hydrogens is 366 g/mol. The Bertz CT molecular complexity index is 257. The third-order valence-corrected chi connectivity index (χ3v) is 4.60. The van der Waals surface area contributed by atoms with Gasteiger partial charge in [-0.25, -0.2) is 0 Å². The number of rotatable bonds is 12. The molecule has 4 nitrogen and oxygen atoms in total. The van der Waals surface area contributed by atoms with Crippen LogP contribution >= 0.6 is 30.2 Å². The number of halogens is 1. The predicted molar refractivity (Wildman–Crippen MR) is 83.3 cm³/mol. The van der Waals surface area contributed by atoms with Crippen LogP contribution in [0.5, 0.6) is 0 Å². The highest BCUT2D eigenvalue weighted by Gasteiger charge is 2.25. The highest BCUT2D eigenvalue weighted by Crippen LogP contribution is 2.48. The van der Waals surface area contributed by atoms with Crippen LogP contribution in [0.15, 0.2) is 12.3 Å². The van der Waals surface area contributed by atoms with Crippen molar-refractivity contribution in [2.24, 2.45) is 0 Å². The molecule has 0 bridgehead atoms. The Morgan fingerprint density at radius 3 is 2.06 bits per heavy atom. The number of ether oxygens (including phenoxy) is 1. The fourth-order valence-electron chi connectivity index (χ4n) is 1.02. The number of hydrogen-bond acceptors (Lipinski definition) is 4. The van der Waals surface area contributed by atoms with E-state index in [9.17, 15) is 4.57 Å². The van der Waals surface area contributed by atoms with E-state index in [0.717, 1.165) is 25.7 Å². The van der Waals surface area contributed by atoms with E-state index in [1.807, 2.05) is 0 Å². The largest absolute Gasteiger partial charge is 0.485 e. The first-order valence-corrected chi connectivity index (χ1v) is 9.58. The molecule has 0 saturated heterocycles. The summed E-state index contributed by atoms with van der Waals surface area (Å²) in [4.78, 5) is 0. The molecule has 0 unspecified atom stereocenters. The van der Waals surface area contributed by atoms with Gasteiger partial charge >= 0.3 is 7.60 Å². The number of allylic oxidation sites excluding steroid dienone is 1. The van der Waals surface area contributed by atoms with Gasteiger partial charge in [-0.2, -0.15) is 0 Å². The molecule has 0 N–H and O–H groups in total. The van der Waals surface area contributed by atoms with Crippen LogP contribution in [0, 0.1) is 0 Å². The molecule has 0 fully saturated rings. The van der Waals surface area contributed by atoms with E-state index < -0.39 is 7.60 Å². The molecule has 0 aliphatic rings. The minimum absolute atomic E-state index is 0.0394. The zero-order valence-electron chi connectivity index (χ0n) is 11.3. The van der Waals surface area contributed by atoms with Gasteiger partial charge < -0.3 is 13.8 Å². The van der Waals surface area contributed by atoms with Gasteiger partial charge in [0.15, 0.2) is 6.35 Å². The van der Waals surface area contributed by atoms with E-state index in [2.05, 4.69) is 43.0 Å². The Balaban J connectivity index is 4.20. The van der Waals surface area contributed by atoms with E-state index in [1.165, 1.54) is 0 Å². The van der Waals surface area contributed by atoms with Crippen LogP contribution in [0.3, 0.4) is 0 Å². The van der Waals surface area contributed by atoms with Crippen molar-refractivity contribution in [3.8, 4) is 0 Å². The van der Waals surface area contributed by atoms with Gasteiger partial charge in [-0.3, -0.25) is 4.57 Å². The van der Waals surface area contributed by atoms with Crippen molar-refractivity contribution in [1.29, 1.82) is 0 Å². The molecule has 0 aromatic heterocycles. The zero-order chi connectivity index (χ0) is 13.9. The Hall–Kier alpha value is 0.420. The zero-order valence-corrected chi connectivity index (χ0v) is 14.4. The monoisotopic (exact) mass is 390 g/mol. The summed E-state index contributed by atoms with van der Waals surface area (Å²) >= 11 is 2.14. The summed E-state index contributed by atoms with van der Waals surface area (Å²) in [5.74, 6) is 0.592. The molecule has 18 heavy (non-hydrogen) atoms. The van der Waals surface area contributed by atoms with Crippen molar-refractivity contribution in [2.75, 3.05) is 24.0 Å². The van der Waals surface area contributed by atoms with Gasteiger partial charge in [0, 0.05) is 0 Å². The maximum Gasteiger partial charge on any atom is 0.367 e. The summed E-state index contributed by atoms with van der Waals surface area (Å²) in [5, 5.41) is 0. The summed E-state index contributed by atoms with van der Waals surface area (Å²) in [5.41, 5.74) is 0. The highest BCUT2D eigenvalue weighted by molar-refractivity contribution is 14.1.